The SMILES string of the molecule is C=C(O)C(OCC)c1c(C)nc2sc3c(c2c1-c1ccc(C(F)(F)F)nc1)CCCC3. The normalized spacial score (nSPS) is 15.1. The van der Waals surface area contributed by atoms with E-state index in [1.807, 2.05) is 13.8 Å². The van der Waals surface area contributed by atoms with Gasteiger partial charge in [0.15, 0.2) is 0 Å². The van der Waals surface area contributed by atoms with Crippen LogP contribution in [0.5, 0.6) is 0 Å². The van der Waals surface area contributed by atoms with Crippen LogP contribution < -0.4 is 0 Å². The third kappa shape index (κ3) is 3.94. The lowest BCUT2D eigenvalue weighted by Gasteiger charge is -2.23. The van der Waals surface area contributed by atoms with Gasteiger partial charge in [-0.3, -0.25) is 4.98 Å². The molecule has 3 aromatic rings. The van der Waals surface area contributed by atoms with Crippen LogP contribution in [0.4, 0.5) is 13.2 Å². The number of pyridine rings is 2. The minimum atomic E-state index is -4.51. The lowest BCUT2D eigenvalue weighted by atomic mass is 9.88. The van der Waals surface area contributed by atoms with Gasteiger partial charge in [0.25, 0.3) is 0 Å². The zero-order chi connectivity index (χ0) is 22.3. The van der Waals surface area contributed by atoms with Crippen LogP contribution >= 0.6 is 11.3 Å². The van der Waals surface area contributed by atoms with Gasteiger partial charge in [-0.25, -0.2) is 4.98 Å². The van der Waals surface area contributed by atoms with Gasteiger partial charge in [-0.1, -0.05) is 12.6 Å². The highest BCUT2D eigenvalue weighted by Crippen LogP contribution is 2.46. The van der Waals surface area contributed by atoms with Crippen LogP contribution in [0.3, 0.4) is 0 Å². The molecule has 0 aromatic carbocycles. The number of aliphatic hydroxyl groups is 1. The second-order valence-electron chi connectivity index (χ2n) is 7.63. The lowest BCUT2D eigenvalue weighted by molar-refractivity contribution is -0.141. The predicted molar refractivity (Wildman–Crippen MR) is 115 cm³/mol. The van der Waals surface area contributed by atoms with E-state index >= 15 is 0 Å². The number of hydrogen-bond donors (Lipinski definition) is 1. The summed E-state index contributed by atoms with van der Waals surface area (Å²) in [5, 5.41) is 11.2. The Bertz CT molecular complexity index is 1140. The van der Waals surface area contributed by atoms with Crippen molar-refractivity contribution in [2.45, 2.75) is 51.8 Å². The number of halogens is 3. The van der Waals surface area contributed by atoms with Gasteiger partial charge in [0, 0.05) is 45.5 Å². The van der Waals surface area contributed by atoms with Gasteiger partial charge >= 0.3 is 6.18 Å². The molecule has 1 N–H and O–H groups in total. The Morgan fingerprint density at radius 2 is 2.03 bits per heavy atom. The maximum atomic E-state index is 13.1. The van der Waals surface area contributed by atoms with E-state index in [0.29, 0.717) is 23.4 Å². The molecule has 4 nitrogen and oxygen atoms in total. The van der Waals surface area contributed by atoms with Crippen molar-refractivity contribution >= 4 is 21.6 Å². The fraction of sp³-hybridized carbons (Fsp3) is 0.391. The molecule has 31 heavy (non-hydrogen) atoms. The molecule has 0 spiro atoms. The zero-order valence-corrected chi connectivity index (χ0v) is 18.2. The molecule has 0 saturated heterocycles. The van der Waals surface area contributed by atoms with Crippen LogP contribution in [0.1, 0.15) is 53.3 Å². The highest BCUT2D eigenvalue weighted by Gasteiger charge is 2.33. The Morgan fingerprint density at radius 3 is 2.65 bits per heavy atom. The summed E-state index contributed by atoms with van der Waals surface area (Å²) in [6, 6.07) is 2.42. The van der Waals surface area contributed by atoms with Crippen LogP contribution in [0.2, 0.25) is 0 Å². The van der Waals surface area contributed by atoms with Crippen LogP contribution in [0.15, 0.2) is 30.7 Å². The number of ether oxygens (including phenoxy) is 1. The fourth-order valence-corrected chi connectivity index (χ4v) is 5.58. The molecule has 0 aliphatic heterocycles. The number of thiophene rings is 1. The largest absolute Gasteiger partial charge is 0.510 e. The van der Waals surface area contributed by atoms with E-state index < -0.39 is 18.0 Å². The van der Waals surface area contributed by atoms with E-state index in [9.17, 15) is 18.3 Å². The van der Waals surface area contributed by atoms with Crippen molar-refractivity contribution < 1.29 is 23.0 Å². The summed E-state index contributed by atoms with van der Waals surface area (Å²) in [4.78, 5) is 10.6. The summed E-state index contributed by atoms with van der Waals surface area (Å²) in [5.41, 5.74) is 2.77. The summed E-state index contributed by atoms with van der Waals surface area (Å²) in [7, 11) is 0. The number of alkyl halides is 3. The summed E-state index contributed by atoms with van der Waals surface area (Å²) in [6.07, 6.45) is -0.0855. The second kappa shape index (κ2) is 8.24. The fourth-order valence-electron chi connectivity index (χ4n) is 4.26. The third-order valence-electron chi connectivity index (χ3n) is 5.57. The van der Waals surface area contributed by atoms with Crippen molar-refractivity contribution in [2.75, 3.05) is 6.61 Å². The number of fused-ring (bicyclic) bond motifs is 3. The molecular weight excluding hydrogens is 425 g/mol. The molecule has 3 aromatic heterocycles. The molecule has 0 saturated carbocycles. The molecule has 8 heteroatoms. The first-order valence-corrected chi connectivity index (χ1v) is 11.0. The smallest absolute Gasteiger partial charge is 0.433 e. The Balaban J connectivity index is 2.05. The maximum Gasteiger partial charge on any atom is 0.433 e. The summed E-state index contributed by atoms with van der Waals surface area (Å²) >= 11 is 1.64. The Kier molecular flexibility index (Phi) is 5.79. The van der Waals surface area contributed by atoms with Crippen LogP contribution in [-0.2, 0) is 23.8 Å². The third-order valence-corrected chi connectivity index (χ3v) is 6.76. The van der Waals surface area contributed by atoms with Gasteiger partial charge in [0.1, 0.15) is 22.4 Å². The van der Waals surface area contributed by atoms with E-state index in [0.717, 1.165) is 47.5 Å². The summed E-state index contributed by atoms with van der Waals surface area (Å²) in [5.74, 6) is -0.170. The number of hydrogen-bond acceptors (Lipinski definition) is 5. The lowest BCUT2D eigenvalue weighted by Crippen LogP contribution is -2.12. The topological polar surface area (TPSA) is 55.2 Å². The second-order valence-corrected chi connectivity index (χ2v) is 8.72. The molecule has 0 bridgehead atoms. The first kappa shape index (κ1) is 21.8. The van der Waals surface area contributed by atoms with Crippen LogP contribution in [-0.4, -0.2) is 21.7 Å². The number of aromatic nitrogens is 2. The predicted octanol–water partition coefficient (Wildman–Crippen LogP) is 6.71. The van der Waals surface area contributed by atoms with Crippen LogP contribution in [0, 0.1) is 6.92 Å². The van der Waals surface area contributed by atoms with Crippen molar-refractivity contribution in [3.05, 3.63) is 58.1 Å². The maximum absolute atomic E-state index is 13.1. The molecule has 3 heterocycles. The number of rotatable bonds is 5. The van der Waals surface area contributed by atoms with Crippen molar-refractivity contribution in [3.8, 4) is 11.1 Å². The van der Waals surface area contributed by atoms with E-state index in [4.69, 9.17) is 9.72 Å². The zero-order valence-electron chi connectivity index (χ0n) is 17.3. The van der Waals surface area contributed by atoms with Crippen molar-refractivity contribution in [1.82, 2.24) is 9.97 Å². The molecule has 164 valence electrons. The molecule has 1 aliphatic carbocycles. The summed E-state index contributed by atoms with van der Waals surface area (Å²) < 4.78 is 45.1. The average Bonchev–Trinajstić information content (AvgIpc) is 3.08. The Hall–Kier alpha value is -2.45. The van der Waals surface area contributed by atoms with Crippen molar-refractivity contribution in [2.24, 2.45) is 0 Å². The minimum absolute atomic E-state index is 0.170. The quantitative estimate of drug-likeness (QED) is 0.441. The standard InChI is InChI=1S/C23H23F3N2O2S/c1-4-30-21(13(3)29)18-12(2)28-22-20(15-7-5-6-8-16(15)31-22)19(18)14-9-10-17(27-11-14)23(24,25)26/h9-11,21,29H,3-8H2,1-2H3. The van der Waals surface area contributed by atoms with E-state index in [-0.39, 0.29) is 5.76 Å². The molecule has 1 unspecified atom stereocenters. The van der Waals surface area contributed by atoms with Gasteiger partial charge in [-0.2, -0.15) is 13.2 Å². The molecule has 0 fully saturated rings. The van der Waals surface area contributed by atoms with E-state index in [1.54, 1.807) is 11.3 Å². The van der Waals surface area contributed by atoms with Gasteiger partial charge < -0.3 is 9.84 Å². The number of aryl methyl sites for hydroxylation is 3. The van der Waals surface area contributed by atoms with Gasteiger partial charge in [-0.05, 0) is 51.2 Å². The van der Waals surface area contributed by atoms with E-state index in [2.05, 4.69) is 11.6 Å². The Labute approximate surface area is 182 Å². The van der Waals surface area contributed by atoms with Gasteiger partial charge in [0.2, 0.25) is 0 Å². The number of aliphatic hydroxyl groups excluding tert-OH is 1. The number of nitrogens with zero attached hydrogens (tertiary/aromatic N) is 2. The first-order valence-electron chi connectivity index (χ1n) is 10.2. The van der Waals surface area contributed by atoms with Crippen molar-refractivity contribution in [3.63, 3.8) is 0 Å². The first-order chi connectivity index (χ1) is 14.7. The Morgan fingerprint density at radius 1 is 1.29 bits per heavy atom. The summed E-state index contributed by atoms with van der Waals surface area (Å²) in [6.45, 7) is 7.63. The minimum Gasteiger partial charge on any atom is -0.510 e. The molecule has 1 aliphatic rings. The van der Waals surface area contributed by atoms with E-state index in [1.165, 1.54) is 22.7 Å². The molecule has 0 amide bonds. The monoisotopic (exact) mass is 448 g/mol. The highest BCUT2D eigenvalue weighted by atomic mass is 32.1. The molecule has 4 rings (SSSR count). The van der Waals surface area contributed by atoms with Gasteiger partial charge in [-0.15, -0.1) is 11.3 Å². The van der Waals surface area contributed by atoms with Gasteiger partial charge in [0.05, 0.1) is 0 Å². The molecule has 0 radical (unpaired) electrons. The van der Waals surface area contributed by atoms with Crippen molar-refractivity contribution in [1.29, 1.82) is 0 Å². The molecule has 1 atom stereocenters. The average molecular weight is 449 g/mol. The highest BCUT2D eigenvalue weighted by molar-refractivity contribution is 7.19. The molecular formula is C23H23F3N2O2S. The van der Waals surface area contributed by atoms with Crippen LogP contribution in [0.25, 0.3) is 21.3 Å².